The first kappa shape index (κ1) is 13.4. The fourth-order valence-corrected chi connectivity index (χ4v) is 1.50. The van der Waals surface area contributed by atoms with E-state index < -0.39 is 5.97 Å². The van der Waals surface area contributed by atoms with Crippen LogP contribution in [0.4, 0.5) is 0 Å². The molecule has 0 amide bonds. The number of carbonyl (C=O) groups is 1. The summed E-state index contributed by atoms with van der Waals surface area (Å²) in [6.45, 7) is 5.69. The molecule has 0 aliphatic carbocycles. The minimum Gasteiger partial charge on any atom is -0.496 e. The first-order valence-corrected chi connectivity index (χ1v) is 5.58. The maximum Gasteiger partial charge on any atom is 0.339 e. The molecule has 4 nitrogen and oxygen atoms in total. The molecule has 94 valence electrons. The molecule has 0 heterocycles. The van der Waals surface area contributed by atoms with Gasteiger partial charge < -0.3 is 14.6 Å². The molecule has 1 aromatic rings. The molecule has 17 heavy (non-hydrogen) atoms. The first-order valence-electron chi connectivity index (χ1n) is 5.58. The van der Waals surface area contributed by atoms with E-state index in [1.54, 1.807) is 20.1 Å². The van der Waals surface area contributed by atoms with Crippen molar-refractivity contribution in [2.45, 2.75) is 33.3 Å². The van der Waals surface area contributed by atoms with E-state index in [4.69, 9.17) is 14.6 Å². The number of aromatic carboxylic acids is 1. The third-order valence-corrected chi connectivity index (χ3v) is 2.70. The summed E-state index contributed by atoms with van der Waals surface area (Å²) in [5, 5.41) is 9.12. The van der Waals surface area contributed by atoms with Crippen LogP contribution in [-0.4, -0.2) is 24.3 Å². The number of hydrogen-bond donors (Lipinski definition) is 1. The lowest BCUT2D eigenvalue weighted by Gasteiger charge is -2.18. The number of hydrogen-bond acceptors (Lipinski definition) is 3. The predicted octanol–water partition coefficient (Wildman–Crippen LogP) is 2.88. The number of rotatable bonds is 5. The molecule has 0 bridgehead atoms. The number of ether oxygens (including phenoxy) is 2. The van der Waals surface area contributed by atoms with Crippen molar-refractivity contribution in [3.05, 3.63) is 23.3 Å². The topological polar surface area (TPSA) is 55.8 Å². The Morgan fingerprint density at radius 1 is 1.47 bits per heavy atom. The molecule has 4 heteroatoms. The Morgan fingerprint density at radius 3 is 2.59 bits per heavy atom. The summed E-state index contributed by atoms with van der Waals surface area (Å²) in [6.07, 6.45) is 0.786. The van der Waals surface area contributed by atoms with Crippen molar-refractivity contribution in [2.24, 2.45) is 0 Å². The molecule has 1 aromatic carbocycles. The van der Waals surface area contributed by atoms with Gasteiger partial charge in [0.2, 0.25) is 0 Å². The summed E-state index contributed by atoms with van der Waals surface area (Å²) in [7, 11) is 1.55. The smallest absolute Gasteiger partial charge is 0.339 e. The quantitative estimate of drug-likeness (QED) is 0.857. The number of benzene rings is 1. The molecule has 0 radical (unpaired) electrons. The van der Waals surface area contributed by atoms with Gasteiger partial charge in [-0.15, -0.1) is 0 Å². The van der Waals surface area contributed by atoms with Crippen molar-refractivity contribution in [1.29, 1.82) is 0 Å². The highest BCUT2D eigenvalue weighted by Gasteiger charge is 2.18. The number of carboxylic acid groups (broad SMARTS) is 1. The molecule has 0 saturated heterocycles. The fraction of sp³-hybridized carbons (Fsp3) is 0.462. The molecule has 0 spiro atoms. The van der Waals surface area contributed by atoms with Crippen molar-refractivity contribution in [2.75, 3.05) is 7.11 Å². The van der Waals surface area contributed by atoms with Crippen LogP contribution in [-0.2, 0) is 0 Å². The first-order chi connectivity index (χ1) is 8.01. The van der Waals surface area contributed by atoms with Crippen LogP contribution in [0.15, 0.2) is 12.1 Å². The van der Waals surface area contributed by atoms with E-state index in [-0.39, 0.29) is 11.7 Å². The van der Waals surface area contributed by atoms with Gasteiger partial charge in [-0.3, -0.25) is 0 Å². The van der Waals surface area contributed by atoms with Crippen molar-refractivity contribution in [1.82, 2.24) is 0 Å². The van der Waals surface area contributed by atoms with E-state index in [1.807, 2.05) is 13.8 Å². The highest BCUT2D eigenvalue weighted by atomic mass is 16.5. The van der Waals surface area contributed by atoms with E-state index in [2.05, 4.69) is 0 Å². The van der Waals surface area contributed by atoms with Crippen LogP contribution in [0.5, 0.6) is 11.5 Å². The lowest BCUT2D eigenvalue weighted by atomic mass is 10.1. The second-order valence-electron chi connectivity index (χ2n) is 3.91. The van der Waals surface area contributed by atoms with Crippen LogP contribution in [0.1, 0.15) is 36.2 Å². The normalized spacial score (nSPS) is 12.0. The highest BCUT2D eigenvalue weighted by molar-refractivity contribution is 5.91. The van der Waals surface area contributed by atoms with Crippen molar-refractivity contribution in [3.8, 4) is 11.5 Å². The predicted molar refractivity (Wildman–Crippen MR) is 65.1 cm³/mol. The van der Waals surface area contributed by atoms with Gasteiger partial charge in [0.15, 0.2) is 0 Å². The van der Waals surface area contributed by atoms with Crippen LogP contribution in [0.3, 0.4) is 0 Å². The lowest BCUT2D eigenvalue weighted by Crippen LogP contribution is -2.14. The van der Waals surface area contributed by atoms with Gasteiger partial charge in [0.25, 0.3) is 0 Å². The molecule has 1 rings (SSSR count). The highest BCUT2D eigenvalue weighted by Crippen LogP contribution is 2.32. The zero-order valence-corrected chi connectivity index (χ0v) is 10.6. The van der Waals surface area contributed by atoms with E-state index in [9.17, 15) is 4.79 Å². The standard InChI is InChI=1S/C13H18O4/c1-5-8(2)17-12-9(3)11(16-4)7-6-10(12)13(14)15/h6-8H,5H2,1-4H3,(H,14,15). The molecule has 0 aromatic heterocycles. The molecule has 0 fully saturated rings. The van der Waals surface area contributed by atoms with E-state index in [0.29, 0.717) is 17.1 Å². The molecular weight excluding hydrogens is 220 g/mol. The fourth-order valence-electron chi connectivity index (χ4n) is 1.50. The van der Waals surface area contributed by atoms with E-state index in [0.717, 1.165) is 6.42 Å². The summed E-state index contributed by atoms with van der Waals surface area (Å²) in [5.74, 6) is 0.0357. The third-order valence-electron chi connectivity index (χ3n) is 2.70. The monoisotopic (exact) mass is 238 g/mol. The SMILES string of the molecule is CCC(C)Oc1c(C(=O)O)ccc(OC)c1C. The minimum absolute atomic E-state index is 0.0288. The third kappa shape index (κ3) is 2.90. The summed E-state index contributed by atoms with van der Waals surface area (Å²) < 4.78 is 10.8. The Hall–Kier alpha value is -1.71. The summed E-state index contributed by atoms with van der Waals surface area (Å²) in [6, 6.07) is 3.15. The molecule has 1 atom stereocenters. The minimum atomic E-state index is -0.992. The van der Waals surface area contributed by atoms with Crippen molar-refractivity contribution >= 4 is 5.97 Å². The average Bonchev–Trinajstić information content (AvgIpc) is 2.30. The lowest BCUT2D eigenvalue weighted by molar-refractivity contribution is 0.0689. The van der Waals surface area contributed by atoms with Gasteiger partial charge in [-0.25, -0.2) is 4.79 Å². The van der Waals surface area contributed by atoms with Gasteiger partial charge in [0.05, 0.1) is 13.2 Å². The van der Waals surface area contributed by atoms with Gasteiger partial charge in [-0.2, -0.15) is 0 Å². The summed E-state index contributed by atoms with van der Waals surface area (Å²) >= 11 is 0. The molecule has 1 N–H and O–H groups in total. The van der Waals surface area contributed by atoms with Crippen LogP contribution in [0.25, 0.3) is 0 Å². The summed E-state index contributed by atoms with van der Waals surface area (Å²) in [4.78, 5) is 11.1. The van der Waals surface area contributed by atoms with E-state index in [1.165, 1.54) is 6.07 Å². The number of carboxylic acids is 1. The van der Waals surface area contributed by atoms with Crippen LogP contribution >= 0.6 is 0 Å². The van der Waals surface area contributed by atoms with Gasteiger partial charge in [0.1, 0.15) is 17.1 Å². The second-order valence-corrected chi connectivity index (χ2v) is 3.91. The Balaban J connectivity index is 3.24. The zero-order chi connectivity index (χ0) is 13.0. The Morgan fingerprint density at radius 2 is 2.12 bits per heavy atom. The molecule has 0 saturated carbocycles. The maximum atomic E-state index is 11.1. The van der Waals surface area contributed by atoms with Crippen molar-refractivity contribution < 1.29 is 19.4 Å². The van der Waals surface area contributed by atoms with Gasteiger partial charge in [-0.05, 0) is 32.4 Å². The van der Waals surface area contributed by atoms with Gasteiger partial charge in [0, 0.05) is 5.56 Å². The molecule has 0 aliphatic heterocycles. The van der Waals surface area contributed by atoms with E-state index >= 15 is 0 Å². The summed E-state index contributed by atoms with van der Waals surface area (Å²) in [5.41, 5.74) is 0.885. The van der Waals surface area contributed by atoms with Crippen molar-refractivity contribution in [3.63, 3.8) is 0 Å². The molecular formula is C13H18O4. The maximum absolute atomic E-state index is 11.1. The Bertz CT molecular complexity index is 412. The second kappa shape index (κ2) is 5.57. The van der Waals surface area contributed by atoms with Crippen LogP contribution < -0.4 is 9.47 Å². The largest absolute Gasteiger partial charge is 0.496 e. The molecule has 1 unspecified atom stereocenters. The number of methoxy groups -OCH3 is 1. The Kier molecular flexibility index (Phi) is 4.37. The van der Waals surface area contributed by atoms with Crippen LogP contribution in [0.2, 0.25) is 0 Å². The Labute approximate surface area is 101 Å². The van der Waals surface area contributed by atoms with Crippen LogP contribution in [0, 0.1) is 6.92 Å². The molecule has 0 aliphatic rings. The van der Waals surface area contributed by atoms with Gasteiger partial charge >= 0.3 is 5.97 Å². The average molecular weight is 238 g/mol. The van der Waals surface area contributed by atoms with Gasteiger partial charge in [-0.1, -0.05) is 6.92 Å². The zero-order valence-electron chi connectivity index (χ0n) is 10.6.